The molecular weight excluding hydrogens is 368 g/mol. The minimum absolute atomic E-state index is 0.00765. The second-order valence-electron chi connectivity index (χ2n) is 6.86. The number of ether oxygens (including phenoxy) is 1. The van der Waals surface area contributed by atoms with Crippen LogP contribution < -0.4 is 10.1 Å². The van der Waals surface area contributed by atoms with Gasteiger partial charge in [-0.25, -0.2) is 0 Å². The van der Waals surface area contributed by atoms with Crippen molar-refractivity contribution in [1.29, 1.82) is 0 Å². The number of hydrogen-bond acceptors (Lipinski definition) is 7. The predicted molar refractivity (Wildman–Crippen MR) is 103 cm³/mol. The molecule has 1 aliphatic heterocycles. The number of hydrogen-bond donors (Lipinski definition) is 2. The third-order valence-electron chi connectivity index (χ3n) is 4.84. The molecule has 1 saturated heterocycles. The normalized spacial score (nSPS) is 17.8. The maximum absolute atomic E-state index is 12.4. The second kappa shape index (κ2) is 10.00. The van der Waals surface area contributed by atoms with Gasteiger partial charge >= 0.3 is 5.97 Å². The molecule has 0 aliphatic carbocycles. The molecule has 0 bridgehead atoms. The van der Waals surface area contributed by atoms with Crippen molar-refractivity contribution in [2.75, 3.05) is 45.7 Å². The van der Waals surface area contributed by atoms with E-state index >= 15 is 0 Å². The number of likely N-dealkylation sites (N-methyl/N-ethyl adjacent to an activating group) is 1. The van der Waals surface area contributed by atoms with Gasteiger partial charge in [-0.1, -0.05) is 0 Å². The molecule has 1 heterocycles. The van der Waals surface area contributed by atoms with Crippen LogP contribution in [0.2, 0.25) is 0 Å². The first-order chi connectivity index (χ1) is 13.3. The molecule has 1 atom stereocenters. The Balaban J connectivity index is 1.93. The third-order valence-corrected chi connectivity index (χ3v) is 4.84. The highest BCUT2D eigenvalue weighted by atomic mass is 16.6. The summed E-state index contributed by atoms with van der Waals surface area (Å²) in [5.41, 5.74) is -0.0939. The topological polar surface area (TPSA) is 125 Å². The number of nitrogens with one attached hydrogen (secondary N) is 1. The number of amides is 1. The van der Waals surface area contributed by atoms with E-state index in [1.807, 2.05) is 9.80 Å². The predicted octanol–water partition coefficient (Wildman–Crippen LogP) is 1.41. The number of carboxylic acid groups (broad SMARTS) is 1. The standard InChI is InChI=1S/C18H26N4O6/c1-20(12-18(24)25)13-4-3-8-21(9-7-13)11-17(23)19-15-6-5-14(28-2)10-16(15)22(26)27/h5-6,10,13H,3-4,7-9,11-12H2,1-2H3,(H,19,23)(H,24,25). The van der Waals surface area contributed by atoms with Crippen LogP contribution in [0.25, 0.3) is 0 Å². The van der Waals surface area contributed by atoms with E-state index in [-0.39, 0.29) is 36.4 Å². The van der Waals surface area contributed by atoms with Gasteiger partial charge in [0, 0.05) is 12.6 Å². The van der Waals surface area contributed by atoms with Crippen LogP contribution in [0, 0.1) is 10.1 Å². The van der Waals surface area contributed by atoms with E-state index in [1.54, 1.807) is 13.1 Å². The van der Waals surface area contributed by atoms with E-state index in [4.69, 9.17) is 9.84 Å². The fraction of sp³-hybridized carbons (Fsp3) is 0.556. The number of nitrogens with zero attached hydrogens (tertiary/aromatic N) is 3. The van der Waals surface area contributed by atoms with Gasteiger partial charge in [-0.05, 0) is 45.0 Å². The zero-order valence-corrected chi connectivity index (χ0v) is 16.1. The van der Waals surface area contributed by atoms with Gasteiger partial charge in [-0.3, -0.25) is 29.5 Å². The lowest BCUT2D eigenvalue weighted by molar-refractivity contribution is -0.384. The molecule has 0 spiro atoms. The summed E-state index contributed by atoms with van der Waals surface area (Å²) in [6.45, 7) is 1.49. The highest BCUT2D eigenvalue weighted by Gasteiger charge is 2.23. The number of carbonyl (C=O) groups is 2. The number of nitro benzene ring substituents is 1. The van der Waals surface area contributed by atoms with Crippen LogP contribution in [0.5, 0.6) is 5.75 Å². The maximum Gasteiger partial charge on any atom is 0.317 e. The molecule has 28 heavy (non-hydrogen) atoms. The average Bonchev–Trinajstić information content (AvgIpc) is 2.86. The first-order valence-corrected chi connectivity index (χ1v) is 9.06. The van der Waals surface area contributed by atoms with Gasteiger partial charge in [0.2, 0.25) is 5.91 Å². The summed E-state index contributed by atoms with van der Waals surface area (Å²) in [6, 6.07) is 4.43. The molecule has 1 aromatic rings. The van der Waals surface area contributed by atoms with Gasteiger partial charge in [-0.2, -0.15) is 0 Å². The summed E-state index contributed by atoms with van der Waals surface area (Å²) in [5.74, 6) is -0.844. The minimum atomic E-state index is -0.857. The Labute approximate surface area is 163 Å². The van der Waals surface area contributed by atoms with Gasteiger partial charge in [0.15, 0.2) is 0 Å². The summed E-state index contributed by atoms with van der Waals surface area (Å²) in [4.78, 5) is 37.7. The Morgan fingerprint density at radius 2 is 2.14 bits per heavy atom. The van der Waals surface area contributed by atoms with Gasteiger partial charge in [0.1, 0.15) is 11.4 Å². The fourth-order valence-electron chi connectivity index (χ4n) is 3.37. The number of benzene rings is 1. The number of carbonyl (C=O) groups excluding carboxylic acids is 1. The SMILES string of the molecule is COc1ccc(NC(=O)CN2CCCC(N(C)CC(=O)O)CC2)c([N+](=O)[O-])c1. The second-order valence-corrected chi connectivity index (χ2v) is 6.86. The molecule has 1 unspecified atom stereocenters. The quantitative estimate of drug-likeness (QED) is 0.501. The molecule has 10 nitrogen and oxygen atoms in total. The molecular formula is C18H26N4O6. The van der Waals surface area contributed by atoms with Crippen molar-refractivity contribution in [3.63, 3.8) is 0 Å². The van der Waals surface area contributed by atoms with Crippen LogP contribution in [0.15, 0.2) is 18.2 Å². The van der Waals surface area contributed by atoms with E-state index in [9.17, 15) is 19.7 Å². The van der Waals surface area contributed by atoms with Gasteiger partial charge < -0.3 is 15.2 Å². The Hall–Kier alpha value is -2.72. The summed E-state index contributed by atoms with van der Waals surface area (Å²) >= 11 is 0. The largest absolute Gasteiger partial charge is 0.496 e. The number of aliphatic carboxylic acids is 1. The number of likely N-dealkylation sites (tertiary alicyclic amines) is 1. The van der Waals surface area contributed by atoms with Crippen molar-refractivity contribution >= 4 is 23.3 Å². The number of rotatable bonds is 8. The molecule has 0 aromatic heterocycles. The van der Waals surface area contributed by atoms with Crippen molar-refractivity contribution in [1.82, 2.24) is 9.80 Å². The highest BCUT2D eigenvalue weighted by Crippen LogP contribution is 2.29. The van der Waals surface area contributed by atoms with E-state index in [0.29, 0.717) is 12.3 Å². The summed E-state index contributed by atoms with van der Waals surface area (Å²) in [6.07, 6.45) is 2.48. The molecule has 0 saturated carbocycles. The fourth-order valence-corrected chi connectivity index (χ4v) is 3.37. The first kappa shape index (κ1) is 21.6. The number of nitro groups is 1. The van der Waals surface area contributed by atoms with Crippen molar-refractivity contribution in [3.05, 3.63) is 28.3 Å². The number of carboxylic acids is 1. The number of anilines is 1. The average molecular weight is 394 g/mol. The first-order valence-electron chi connectivity index (χ1n) is 9.06. The van der Waals surface area contributed by atoms with Gasteiger partial charge in [0.25, 0.3) is 5.69 Å². The van der Waals surface area contributed by atoms with Crippen molar-refractivity contribution in [3.8, 4) is 5.75 Å². The van der Waals surface area contributed by atoms with Gasteiger partial charge in [0.05, 0.1) is 31.2 Å². The Morgan fingerprint density at radius 3 is 2.79 bits per heavy atom. The molecule has 0 radical (unpaired) electrons. The minimum Gasteiger partial charge on any atom is -0.496 e. The van der Waals surface area contributed by atoms with Crippen LogP contribution in [0.1, 0.15) is 19.3 Å². The van der Waals surface area contributed by atoms with Crippen LogP contribution in [0.3, 0.4) is 0 Å². The van der Waals surface area contributed by atoms with Crippen molar-refractivity contribution in [2.24, 2.45) is 0 Å². The summed E-state index contributed by atoms with van der Waals surface area (Å²) < 4.78 is 4.99. The lowest BCUT2D eigenvalue weighted by atomic mass is 10.1. The molecule has 1 fully saturated rings. The van der Waals surface area contributed by atoms with Crippen LogP contribution >= 0.6 is 0 Å². The third kappa shape index (κ3) is 6.17. The van der Waals surface area contributed by atoms with Crippen molar-refractivity contribution < 1.29 is 24.4 Å². The van der Waals surface area contributed by atoms with Gasteiger partial charge in [-0.15, -0.1) is 0 Å². The lowest BCUT2D eigenvalue weighted by Gasteiger charge is -2.25. The van der Waals surface area contributed by atoms with Crippen molar-refractivity contribution in [2.45, 2.75) is 25.3 Å². The molecule has 10 heteroatoms. The summed E-state index contributed by atoms with van der Waals surface area (Å²) in [7, 11) is 3.21. The lowest BCUT2D eigenvalue weighted by Crippen LogP contribution is -2.37. The maximum atomic E-state index is 12.4. The van der Waals surface area contributed by atoms with Crippen LogP contribution in [0.4, 0.5) is 11.4 Å². The summed E-state index contributed by atoms with van der Waals surface area (Å²) in [5, 5.41) is 22.8. The van der Waals surface area contributed by atoms with E-state index in [0.717, 1.165) is 25.8 Å². The molecule has 2 N–H and O–H groups in total. The van der Waals surface area contributed by atoms with E-state index in [2.05, 4.69) is 5.32 Å². The zero-order chi connectivity index (χ0) is 20.7. The highest BCUT2D eigenvalue weighted by molar-refractivity contribution is 5.94. The Morgan fingerprint density at radius 1 is 1.39 bits per heavy atom. The Bertz CT molecular complexity index is 726. The molecule has 1 aromatic carbocycles. The van der Waals surface area contributed by atoms with Crippen LogP contribution in [-0.4, -0.2) is 78.1 Å². The van der Waals surface area contributed by atoms with E-state index in [1.165, 1.54) is 19.2 Å². The Kier molecular flexibility index (Phi) is 7.70. The monoisotopic (exact) mass is 394 g/mol. The smallest absolute Gasteiger partial charge is 0.317 e. The molecule has 154 valence electrons. The molecule has 1 aliphatic rings. The molecule has 1 amide bonds. The van der Waals surface area contributed by atoms with E-state index < -0.39 is 10.9 Å². The zero-order valence-electron chi connectivity index (χ0n) is 16.1. The number of methoxy groups -OCH3 is 1. The molecule has 2 rings (SSSR count). The van der Waals surface area contributed by atoms with Crippen LogP contribution in [-0.2, 0) is 9.59 Å².